The molecule has 0 saturated heterocycles. The van der Waals surface area contributed by atoms with E-state index in [4.69, 9.17) is 16.3 Å². The lowest BCUT2D eigenvalue weighted by Gasteiger charge is -2.11. The van der Waals surface area contributed by atoms with Gasteiger partial charge in [-0.3, -0.25) is 9.78 Å². The highest BCUT2D eigenvalue weighted by atomic mass is 35.5. The zero-order valence-electron chi connectivity index (χ0n) is 18.5. The van der Waals surface area contributed by atoms with E-state index in [1.165, 1.54) is 12.3 Å². The molecular formula is C26H26ClFN2O2. The number of allylic oxidation sites excluding steroid dienone is 3. The average molecular weight is 453 g/mol. The number of benzene rings is 2. The van der Waals surface area contributed by atoms with E-state index in [9.17, 15) is 9.18 Å². The molecule has 0 aliphatic rings. The molecule has 3 rings (SSSR count). The third-order valence-electron chi connectivity index (χ3n) is 4.40. The average Bonchev–Trinajstić information content (AvgIpc) is 2.84. The molecule has 6 heteroatoms. The van der Waals surface area contributed by atoms with Gasteiger partial charge < -0.3 is 10.1 Å². The fourth-order valence-corrected chi connectivity index (χ4v) is 3.05. The minimum absolute atomic E-state index is 0.0786. The molecule has 0 aliphatic heterocycles. The summed E-state index contributed by atoms with van der Waals surface area (Å²) in [6.45, 7) is 5.63. The third kappa shape index (κ3) is 6.28. The number of aldehydes is 1. The fraction of sp³-hybridized carbons (Fsp3) is 0.154. The second kappa shape index (κ2) is 12.4. The number of aryl methyl sites for hydroxylation is 1. The van der Waals surface area contributed by atoms with Crippen LogP contribution in [0.1, 0.15) is 30.7 Å². The second-order valence-corrected chi connectivity index (χ2v) is 6.80. The van der Waals surface area contributed by atoms with Crippen molar-refractivity contribution < 1.29 is 13.9 Å². The van der Waals surface area contributed by atoms with E-state index in [1.54, 1.807) is 31.2 Å². The number of rotatable bonds is 7. The maximum absolute atomic E-state index is 14.0. The van der Waals surface area contributed by atoms with Gasteiger partial charge in [-0.05, 0) is 48.4 Å². The summed E-state index contributed by atoms with van der Waals surface area (Å²) < 4.78 is 19.6. The van der Waals surface area contributed by atoms with Gasteiger partial charge in [0.15, 0.2) is 0 Å². The maximum Gasteiger partial charge on any atom is 0.149 e. The number of pyridine rings is 1. The molecule has 0 saturated carbocycles. The summed E-state index contributed by atoms with van der Waals surface area (Å²) in [7, 11) is 1.81. The number of nitrogens with one attached hydrogen (secondary N) is 1. The first-order valence-electron chi connectivity index (χ1n) is 10.2. The summed E-state index contributed by atoms with van der Waals surface area (Å²) in [5.41, 5.74) is 3.47. The van der Waals surface area contributed by atoms with Gasteiger partial charge in [-0.15, -0.1) is 0 Å². The van der Waals surface area contributed by atoms with E-state index in [0.717, 1.165) is 11.3 Å². The lowest BCUT2D eigenvalue weighted by molar-refractivity contribution is -0.104. The number of ether oxygens (including phenoxy) is 1. The van der Waals surface area contributed by atoms with Crippen LogP contribution in [0.25, 0.3) is 11.3 Å². The third-order valence-corrected chi connectivity index (χ3v) is 4.75. The molecule has 0 spiro atoms. The zero-order valence-corrected chi connectivity index (χ0v) is 19.3. The zero-order chi connectivity index (χ0) is 23.5. The first-order chi connectivity index (χ1) is 15.5. The van der Waals surface area contributed by atoms with Crippen molar-refractivity contribution in [3.63, 3.8) is 0 Å². The van der Waals surface area contributed by atoms with Crippen molar-refractivity contribution in [2.45, 2.75) is 20.8 Å². The van der Waals surface area contributed by atoms with Crippen molar-refractivity contribution in [1.82, 2.24) is 10.3 Å². The Balaban J connectivity index is 0.00000176. The van der Waals surface area contributed by atoms with Crippen LogP contribution in [0.5, 0.6) is 11.5 Å². The molecule has 0 aliphatic carbocycles. The summed E-state index contributed by atoms with van der Waals surface area (Å²) in [5, 5.41) is 3.06. The smallest absolute Gasteiger partial charge is 0.149 e. The van der Waals surface area contributed by atoms with Crippen LogP contribution in [-0.4, -0.2) is 18.3 Å². The molecule has 0 fully saturated rings. The Hall–Kier alpha value is -3.44. The largest absolute Gasteiger partial charge is 0.454 e. The first kappa shape index (κ1) is 24.8. The van der Waals surface area contributed by atoms with Crippen LogP contribution in [-0.2, 0) is 4.79 Å². The number of nitrogens with zero attached hydrogens (tertiary/aromatic N) is 1. The van der Waals surface area contributed by atoms with E-state index in [2.05, 4.69) is 10.3 Å². The molecule has 0 bridgehead atoms. The lowest BCUT2D eigenvalue weighted by Crippen LogP contribution is -2.05. The van der Waals surface area contributed by atoms with E-state index < -0.39 is 5.82 Å². The minimum atomic E-state index is -0.513. The molecule has 0 atom stereocenters. The summed E-state index contributed by atoms with van der Waals surface area (Å²) in [4.78, 5) is 15.6. The summed E-state index contributed by atoms with van der Waals surface area (Å²) in [6, 6.07) is 16.4. The molecular weight excluding hydrogens is 427 g/mol. The number of hydrogen-bond acceptors (Lipinski definition) is 4. The van der Waals surface area contributed by atoms with Gasteiger partial charge in [0, 0.05) is 18.3 Å². The van der Waals surface area contributed by atoms with Gasteiger partial charge in [0.25, 0.3) is 0 Å². The van der Waals surface area contributed by atoms with Crippen molar-refractivity contribution in [2.75, 3.05) is 7.05 Å². The molecule has 2 aromatic carbocycles. The summed E-state index contributed by atoms with van der Waals surface area (Å²) >= 11 is 6.02. The highest BCUT2D eigenvalue weighted by Crippen LogP contribution is 2.33. The van der Waals surface area contributed by atoms with Crippen LogP contribution in [0.2, 0.25) is 5.02 Å². The molecule has 1 N–H and O–H groups in total. The molecule has 1 aromatic heterocycles. The normalized spacial score (nSPS) is 11.3. The molecule has 0 amide bonds. The van der Waals surface area contributed by atoms with Gasteiger partial charge in [0.2, 0.25) is 0 Å². The Labute approximate surface area is 193 Å². The lowest BCUT2D eigenvalue weighted by atomic mass is 10.1. The van der Waals surface area contributed by atoms with E-state index in [-0.39, 0.29) is 10.8 Å². The highest BCUT2D eigenvalue weighted by molar-refractivity contribution is 6.32. The molecule has 0 radical (unpaired) electrons. The summed E-state index contributed by atoms with van der Waals surface area (Å²) in [5.74, 6) is 0.0928. The molecule has 32 heavy (non-hydrogen) atoms. The minimum Gasteiger partial charge on any atom is -0.454 e. The van der Waals surface area contributed by atoms with Gasteiger partial charge in [-0.25, -0.2) is 4.39 Å². The van der Waals surface area contributed by atoms with Crippen molar-refractivity contribution in [3.8, 4) is 11.5 Å². The summed E-state index contributed by atoms with van der Waals surface area (Å²) in [6.07, 6.45) is 5.50. The SMILES string of the molecule is CC.CN/C(=C\C(=C/C=O)c1ccc(Oc2ccc(C)c(F)c2Cl)cn1)c1ccccc1. The molecule has 4 nitrogen and oxygen atoms in total. The van der Waals surface area contributed by atoms with E-state index in [1.807, 2.05) is 57.3 Å². The molecule has 166 valence electrons. The van der Waals surface area contributed by atoms with Gasteiger partial charge >= 0.3 is 0 Å². The van der Waals surface area contributed by atoms with Gasteiger partial charge in [-0.1, -0.05) is 61.8 Å². The van der Waals surface area contributed by atoms with Crippen LogP contribution in [0.3, 0.4) is 0 Å². The van der Waals surface area contributed by atoms with Crippen LogP contribution in [0, 0.1) is 12.7 Å². The molecule has 0 unspecified atom stereocenters. The molecule has 3 aromatic rings. The van der Waals surface area contributed by atoms with Gasteiger partial charge in [0.1, 0.15) is 28.6 Å². The monoisotopic (exact) mass is 452 g/mol. The Kier molecular flexibility index (Phi) is 9.64. The topological polar surface area (TPSA) is 51.2 Å². The number of carbonyl (C=O) groups excluding carboxylic acids is 1. The maximum atomic E-state index is 14.0. The van der Waals surface area contributed by atoms with Gasteiger partial charge in [0.05, 0.1) is 11.9 Å². The Bertz CT molecular complexity index is 1090. The Morgan fingerprint density at radius 1 is 1.09 bits per heavy atom. The standard InChI is InChI=1S/C24H20ClFN2O2.C2H6/c1-16-8-11-22(23(25)24(16)26)30-19-9-10-20(28-15-19)18(12-13-29)14-21(27-2)17-6-4-3-5-7-17;1-2/h3-15,27H,1-2H3;1-2H3/b18-12+,21-14-;. The van der Waals surface area contributed by atoms with E-state index in [0.29, 0.717) is 28.9 Å². The Morgan fingerprint density at radius 3 is 2.41 bits per heavy atom. The van der Waals surface area contributed by atoms with E-state index >= 15 is 0 Å². The van der Waals surface area contributed by atoms with Crippen LogP contribution >= 0.6 is 11.6 Å². The quantitative estimate of drug-likeness (QED) is 0.242. The number of hydrogen-bond donors (Lipinski definition) is 1. The van der Waals surface area contributed by atoms with Crippen molar-refractivity contribution >= 4 is 29.2 Å². The second-order valence-electron chi connectivity index (χ2n) is 6.42. The Morgan fingerprint density at radius 2 is 1.81 bits per heavy atom. The predicted molar refractivity (Wildman–Crippen MR) is 129 cm³/mol. The predicted octanol–water partition coefficient (Wildman–Crippen LogP) is 6.84. The molecule has 1 heterocycles. The van der Waals surface area contributed by atoms with Crippen LogP contribution < -0.4 is 10.1 Å². The number of halogens is 2. The van der Waals surface area contributed by atoms with Crippen molar-refractivity contribution in [3.05, 3.63) is 101 Å². The van der Waals surface area contributed by atoms with Crippen LogP contribution in [0.15, 0.2) is 72.9 Å². The van der Waals surface area contributed by atoms with Crippen molar-refractivity contribution in [1.29, 1.82) is 0 Å². The fourth-order valence-electron chi connectivity index (χ4n) is 2.80. The first-order valence-corrected chi connectivity index (χ1v) is 10.6. The van der Waals surface area contributed by atoms with Crippen molar-refractivity contribution in [2.24, 2.45) is 0 Å². The highest BCUT2D eigenvalue weighted by Gasteiger charge is 2.12. The van der Waals surface area contributed by atoms with Crippen LogP contribution in [0.4, 0.5) is 4.39 Å². The number of carbonyl (C=O) groups is 1. The number of aromatic nitrogens is 1. The van der Waals surface area contributed by atoms with Gasteiger partial charge in [-0.2, -0.15) is 0 Å².